The van der Waals surface area contributed by atoms with Gasteiger partial charge in [0.15, 0.2) is 0 Å². The van der Waals surface area contributed by atoms with Crippen LogP contribution in [-0.2, 0) is 11.3 Å². The number of amides is 1. The fraction of sp³-hybridized carbons (Fsp3) is 0.300. The molecule has 0 aliphatic carbocycles. The van der Waals surface area contributed by atoms with Gasteiger partial charge < -0.3 is 10.6 Å². The van der Waals surface area contributed by atoms with Crippen LogP contribution in [0.15, 0.2) is 61.4 Å². The molecule has 3 rings (SSSR count). The Morgan fingerprint density at radius 2 is 2.17 bits per heavy atom. The molecular weight excluding hydrogens is 298 g/mol. The van der Waals surface area contributed by atoms with Gasteiger partial charge in [-0.1, -0.05) is 30.3 Å². The van der Waals surface area contributed by atoms with Gasteiger partial charge in [0.2, 0.25) is 5.91 Å². The first-order chi connectivity index (χ1) is 11.7. The number of aromatic nitrogens is 1. The molecule has 2 heterocycles. The lowest BCUT2D eigenvalue weighted by Gasteiger charge is -2.10. The summed E-state index contributed by atoms with van der Waals surface area (Å²) in [7, 11) is 0. The first-order valence-corrected chi connectivity index (χ1v) is 8.29. The van der Waals surface area contributed by atoms with E-state index in [0.29, 0.717) is 6.54 Å². The summed E-state index contributed by atoms with van der Waals surface area (Å²) < 4.78 is 0. The van der Waals surface area contributed by atoms with Gasteiger partial charge in [-0.05, 0) is 48.7 Å². The van der Waals surface area contributed by atoms with E-state index in [1.165, 1.54) is 0 Å². The van der Waals surface area contributed by atoms with Crippen molar-refractivity contribution in [2.75, 3.05) is 13.1 Å². The molecule has 1 fully saturated rings. The number of benzene rings is 1. The summed E-state index contributed by atoms with van der Waals surface area (Å²) in [4.78, 5) is 16.2. The number of allylic oxidation sites excluding steroid dienone is 1. The Labute approximate surface area is 144 Å². The van der Waals surface area contributed by atoms with Crippen molar-refractivity contribution < 1.29 is 4.79 Å². The fourth-order valence-corrected chi connectivity index (χ4v) is 2.61. The Balaban J connectivity index is 0.000000647. The number of rotatable bonds is 4. The molecule has 1 aromatic heterocycles. The average molecular weight is 323 g/mol. The second-order valence-electron chi connectivity index (χ2n) is 5.76. The van der Waals surface area contributed by atoms with Crippen LogP contribution in [0.25, 0.3) is 11.1 Å². The molecule has 2 aromatic rings. The molecule has 24 heavy (non-hydrogen) atoms. The second-order valence-corrected chi connectivity index (χ2v) is 5.76. The first kappa shape index (κ1) is 17.9. The zero-order valence-electron chi connectivity index (χ0n) is 14.2. The zero-order chi connectivity index (χ0) is 17.2. The van der Waals surface area contributed by atoms with E-state index < -0.39 is 0 Å². The number of hydrogen-bond acceptors (Lipinski definition) is 3. The van der Waals surface area contributed by atoms with Crippen LogP contribution in [0.4, 0.5) is 0 Å². The molecule has 0 saturated carbocycles. The maximum atomic E-state index is 12.0. The largest absolute Gasteiger partial charge is 0.352 e. The van der Waals surface area contributed by atoms with Crippen LogP contribution in [0.5, 0.6) is 0 Å². The summed E-state index contributed by atoms with van der Waals surface area (Å²) in [5, 5.41) is 6.24. The van der Waals surface area contributed by atoms with E-state index >= 15 is 0 Å². The monoisotopic (exact) mass is 323 g/mol. The predicted octanol–water partition coefficient (Wildman–Crippen LogP) is 3.17. The van der Waals surface area contributed by atoms with E-state index in [4.69, 9.17) is 0 Å². The first-order valence-electron chi connectivity index (χ1n) is 8.29. The molecule has 0 spiro atoms. The number of nitrogens with one attached hydrogen (secondary N) is 2. The summed E-state index contributed by atoms with van der Waals surface area (Å²) in [6.07, 6.45) is 6.30. The number of hydrogen-bond donors (Lipinski definition) is 2. The van der Waals surface area contributed by atoms with Crippen LogP contribution < -0.4 is 10.6 Å². The molecule has 126 valence electrons. The van der Waals surface area contributed by atoms with Gasteiger partial charge in [0.25, 0.3) is 0 Å². The van der Waals surface area contributed by atoms with Crippen molar-refractivity contribution in [3.63, 3.8) is 0 Å². The molecule has 0 radical (unpaired) electrons. The molecule has 4 heteroatoms. The lowest BCUT2D eigenvalue weighted by molar-refractivity contribution is -0.124. The molecule has 1 amide bonds. The van der Waals surface area contributed by atoms with E-state index in [-0.39, 0.29) is 11.8 Å². The van der Waals surface area contributed by atoms with Crippen LogP contribution in [0.3, 0.4) is 0 Å². The minimum atomic E-state index is 0.117. The SMILES string of the molecule is C=CC.O=C(NCc1cccc(-c2cccnc2)c1)C1CCNC1. The highest BCUT2D eigenvalue weighted by atomic mass is 16.1. The summed E-state index contributed by atoms with van der Waals surface area (Å²) in [6, 6.07) is 12.2. The minimum absolute atomic E-state index is 0.117. The fourth-order valence-electron chi connectivity index (χ4n) is 2.61. The van der Waals surface area contributed by atoms with Crippen molar-refractivity contribution >= 4 is 5.91 Å². The molecular formula is C20H25N3O. The molecule has 1 atom stereocenters. The highest BCUT2D eigenvalue weighted by molar-refractivity contribution is 5.79. The number of carbonyl (C=O) groups is 1. The predicted molar refractivity (Wildman–Crippen MR) is 98.4 cm³/mol. The van der Waals surface area contributed by atoms with Crippen molar-refractivity contribution in [3.05, 3.63) is 67.0 Å². The molecule has 1 aliphatic rings. The van der Waals surface area contributed by atoms with Crippen LogP contribution in [0.1, 0.15) is 18.9 Å². The quantitative estimate of drug-likeness (QED) is 0.850. The van der Waals surface area contributed by atoms with Crippen molar-refractivity contribution in [3.8, 4) is 11.1 Å². The highest BCUT2D eigenvalue weighted by Crippen LogP contribution is 2.19. The van der Waals surface area contributed by atoms with Crippen LogP contribution in [0, 0.1) is 5.92 Å². The third kappa shape index (κ3) is 5.32. The summed E-state index contributed by atoms with van der Waals surface area (Å²) in [5.74, 6) is 0.262. The van der Waals surface area contributed by atoms with Crippen molar-refractivity contribution in [1.29, 1.82) is 0 Å². The van der Waals surface area contributed by atoms with Gasteiger partial charge in [-0.25, -0.2) is 0 Å². The molecule has 1 unspecified atom stereocenters. The van der Waals surface area contributed by atoms with E-state index in [0.717, 1.165) is 36.2 Å². The van der Waals surface area contributed by atoms with Gasteiger partial charge in [-0.3, -0.25) is 9.78 Å². The Morgan fingerprint density at radius 1 is 1.38 bits per heavy atom. The summed E-state index contributed by atoms with van der Waals surface area (Å²) in [6.45, 7) is 7.56. The van der Waals surface area contributed by atoms with Gasteiger partial charge >= 0.3 is 0 Å². The molecule has 4 nitrogen and oxygen atoms in total. The van der Waals surface area contributed by atoms with Gasteiger partial charge in [0.05, 0.1) is 5.92 Å². The minimum Gasteiger partial charge on any atom is -0.352 e. The number of nitrogens with zero attached hydrogens (tertiary/aromatic N) is 1. The van der Waals surface area contributed by atoms with Gasteiger partial charge in [0, 0.05) is 25.5 Å². The maximum Gasteiger partial charge on any atom is 0.224 e. The molecule has 0 bridgehead atoms. The lowest BCUT2D eigenvalue weighted by atomic mass is 10.0. The topological polar surface area (TPSA) is 54.0 Å². The standard InChI is InChI=1S/C17H19N3O.C3H6/c21-17(16-6-8-19-12-16)20-10-13-3-1-4-14(9-13)15-5-2-7-18-11-15;1-3-2/h1-5,7,9,11,16,19H,6,8,10,12H2,(H,20,21);3H,1H2,2H3. The van der Waals surface area contributed by atoms with Crippen LogP contribution in [-0.4, -0.2) is 24.0 Å². The molecule has 1 saturated heterocycles. The second kappa shape index (κ2) is 9.63. The maximum absolute atomic E-state index is 12.0. The van der Waals surface area contributed by atoms with Gasteiger partial charge in [0.1, 0.15) is 0 Å². The smallest absolute Gasteiger partial charge is 0.224 e. The van der Waals surface area contributed by atoms with Crippen LogP contribution in [0.2, 0.25) is 0 Å². The van der Waals surface area contributed by atoms with E-state index in [1.807, 2.05) is 37.4 Å². The van der Waals surface area contributed by atoms with Crippen molar-refractivity contribution in [2.24, 2.45) is 5.92 Å². The normalized spacial score (nSPS) is 16.0. The van der Waals surface area contributed by atoms with Crippen molar-refractivity contribution in [2.45, 2.75) is 19.9 Å². The summed E-state index contributed by atoms with van der Waals surface area (Å²) >= 11 is 0. The number of pyridine rings is 1. The zero-order valence-corrected chi connectivity index (χ0v) is 14.2. The molecule has 2 N–H and O–H groups in total. The third-order valence-electron chi connectivity index (χ3n) is 3.82. The Kier molecular flexibility index (Phi) is 7.18. The van der Waals surface area contributed by atoms with Gasteiger partial charge in [-0.15, -0.1) is 6.58 Å². The van der Waals surface area contributed by atoms with E-state index in [2.05, 4.69) is 34.3 Å². The Hall–Kier alpha value is -2.46. The Bertz CT molecular complexity index is 649. The van der Waals surface area contributed by atoms with Crippen molar-refractivity contribution in [1.82, 2.24) is 15.6 Å². The van der Waals surface area contributed by atoms with E-state index in [1.54, 1.807) is 12.3 Å². The average Bonchev–Trinajstić information content (AvgIpc) is 3.16. The molecule has 1 aliphatic heterocycles. The lowest BCUT2D eigenvalue weighted by Crippen LogP contribution is -2.31. The summed E-state index contributed by atoms with van der Waals surface area (Å²) in [5.41, 5.74) is 3.32. The number of carbonyl (C=O) groups excluding carboxylic acids is 1. The molecule has 1 aromatic carbocycles. The van der Waals surface area contributed by atoms with E-state index in [9.17, 15) is 4.79 Å². The van der Waals surface area contributed by atoms with Crippen LogP contribution >= 0.6 is 0 Å². The van der Waals surface area contributed by atoms with Gasteiger partial charge in [-0.2, -0.15) is 0 Å². The Morgan fingerprint density at radius 3 is 2.83 bits per heavy atom. The highest BCUT2D eigenvalue weighted by Gasteiger charge is 2.21. The third-order valence-corrected chi connectivity index (χ3v) is 3.82.